The first-order chi connectivity index (χ1) is 10.8. The van der Waals surface area contributed by atoms with Crippen molar-refractivity contribution in [3.63, 3.8) is 0 Å². The predicted octanol–water partition coefficient (Wildman–Crippen LogP) is 1.54. The molecule has 118 valence electrons. The molecular weight excluding hydrogens is 340 g/mol. The van der Waals surface area contributed by atoms with Gasteiger partial charge >= 0.3 is 0 Å². The standard InChI is InChI=1S/C14H10N2O5S2/c17-13-11(15-14(22)16-13)7-9-3-6-12(21-9)8-1-4-10(5-2-8)23(18,19)20/h1-7H,(H,18,19,20)(H2,15,16,17,22)/b11-7+. The molecule has 0 atom stereocenters. The second kappa shape index (κ2) is 5.61. The summed E-state index contributed by atoms with van der Waals surface area (Å²) >= 11 is 4.83. The van der Waals surface area contributed by atoms with Crippen LogP contribution in [0.4, 0.5) is 0 Å². The molecule has 1 saturated heterocycles. The SMILES string of the molecule is O=C1NC(=S)N/C1=C/c1ccc(-c2ccc(S(=O)(=O)O)cc2)o1. The summed E-state index contributed by atoms with van der Waals surface area (Å²) in [5.74, 6) is 0.575. The van der Waals surface area contributed by atoms with Gasteiger partial charge in [-0.1, -0.05) is 0 Å². The summed E-state index contributed by atoms with van der Waals surface area (Å²) in [7, 11) is -4.23. The number of hydrogen-bond acceptors (Lipinski definition) is 5. The van der Waals surface area contributed by atoms with Crippen molar-refractivity contribution in [2.45, 2.75) is 4.90 Å². The van der Waals surface area contributed by atoms with E-state index in [0.717, 1.165) is 0 Å². The van der Waals surface area contributed by atoms with Crippen LogP contribution in [-0.4, -0.2) is 24.0 Å². The lowest BCUT2D eigenvalue weighted by atomic mass is 10.2. The molecule has 23 heavy (non-hydrogen) atoms. The summed E-state index contributed by atoms with van der Waals surface area (Å²) in [5.41, 5.74) is 0.902. The van der Waals surface area contributed by atoms with Crippen molar-refractivity contribution < 1.29 is 22.2 Å². The van der Waals surface area contributed by atoms with Crippen molar-refractivity contribution in [2.24, 2.45) is 0 Å². The van der Waals surface area contributed by atoms with Gasteiger partial charge in [0.1, 0.15) is 17.2 Å². The highest BCUT2D eigenvalue weighted by Crippen LogP contribution is 2.24. The lowest BCUT2D eigenvalue weighted by Crippen LogP contribution is -2.21. The van der Waals surface area contributed by atoms with Crippen molar-refractivity contribution in [2.75, 3.05) is 0 Å². The number of benzene rings is 1. The molecule has 1 aromatic carbocycles. The molecule has 1 aliphatic heterocycles. The Labute approximate surface area is 136 Å². The van der Waals surface area contributed by atoms with Crippen LogP contribution >= 0.6 is 12.2 Å². The van der Waals surface area contributed by atoms with Gasteiger partial charge in [0.25, 0.3) is 16.0 Å². The lowest BCUT2D eigenvalue weighted by molar-refractivity contribution is -0.115. The molecule has 2 aromatic rings. The molecule has 0 saturated carbocycles. The maximum Gasteiger partial charge on any atom is 0.294 e. The van der Waals surface area contributed by atoms with Gasteiger partial charge in [0, 0.05) is 11.6 Å². The highest BCUT2D eigenvalue weighted by atomic mass is 32.2. The highest BCUT2D eigenvalue weighted by Gasteiger charge is 2.20. The summed E-state index contributed by atoms with van der Waals surface area (Å²) in [6, 6.07) is 8.91. The molecule has 0 unspecified atom stereocenters. The van der Waals surface area contributed by atoms with Gasteiger partial charge in [-0.2, -0.15) is 8.42 Å². The van der Waals surface area contributed by atoms with Crippen molar-refractivity contribution in [3.8, 4) is 11.3 Å². The van der Waals surface area contributed by atoms with E-state index >= 15 is 0 Å². The van der Waals surface area contributed by atoms with E-state index in [1.54, 1.807) is 12.1 Å². The van der Waals surface area contributed by atoms with E-state index in [1.165, 1.54) is 30.3 Å². The first kappa shape index (κ1) is 15.4. The number of carbonyl (C=O) groups is 1. The molecule has 3 rings (SSSR count). The summed E-state index contributed by atoms with van der Waals surface area (Å²) in [5, 5.41) is 5.37. The Morgan fingerprint density at radius 3 is 2.35 bits per heavy atom. The number of amides is 1. The number of nitrogens with one attached hydrogen (secondary N) is 2. The molecule has 7 nitrogen and oxygen atoms in total. The average molecular weight is 350 g/mol. The largest absolute Gasteiger partial charge is 0.457 e. The molecule has 1 amide bonds. The summed E-state index contributed by atoms with van der Waals surface area (Å²) in [6.07, 6.45) is 1.50. The van der Waals surface area contributed by atoms with E-state index in [4.69, 9.17) is 21.2 Å². The van der Waals surface area contributed by atoms with Gasteiger partial charge in [-0.05, 0) is 48.6 Å². The number of furan rings is 1. The molecule has 3 N–H and O–H groups in total. The van der Waals surface area contributed by atoms with Crippen LogP contribution in [0, 0.1) is 0 Å². The number of thiocarbonyl (C=S) groups is 1. The van der Waals surface area contributed by atoms with Crippen LogP contribution in [0.3, 0.4) is 0 Å². The van der Waals surface area contributed by atoms with E-state index in [9.17, 15) is 13.2 Å². The van der Waals surface area contributed by atoms with Crippen LogP contribution in [0.2, 0.25) is 0 Å². The maximum absolute atomic E-state index is 11.5. The Bertz CT molecular complexity index is 926. The van der Waals surface area contributed by atoms with Gasteiger partial charge in [0.15, 0.2) is 5.11 Å². The average Bonchev–Trinajstić information content (AvgIpc) is 3.06. The number of hydrogen-bond donors (Lipinski definition) is 3. The number of carbonyl (C=O) groups excluding carboxylic acids is 1. The second-order valence-electron chi connectivity index (χ2n) is 4.67. The Kier molecular flexibility index (Phi) is 3.76. The van der Waals surface area contributed by atoms with E-state index < -0.39 is 10.1 Å². The summed E-state index contributed by atoms with van der Waals surface area (Å²) < 4.78 is 36.5. The third kappa shape index (κ3) is 3.31. The van der Waals surface area contributed by atoms with Crippen molar-refractivity contribution >= 4 is 39.4 Å². The molecule has 0 radical (unpaired) electrons. The Hall–Kier alpha value is -2.49. The molecular formula is C14H10N2O5S2. The van der Waals surface area contributed by atoms with Gasteiger partial charge in [-0.3, -0.25) is 14.7 Å². The number of rotatable bonds is 3. The normalized spacial score (nSPS) is 16.5. The molecule has 0 spiro atoms. The Balaban J connectivity index is 1.86. The van der Waals surface area contributed by atoms with Crippen LogP contribution in [0.1, 0.15) is 5.76 Å². The molecule has 9 heteroatoms. The molecule has 0 aliphatic carbocycles. The van der Waals surface area contributed by atoms with Crippen LogP contribution in [0.5, 0.6) is 0 Å². The third-order valence-electron chi connectivity index (χ3n) is 3.07. The fraction of sp³-hybridized carbons (Fsp3) is 0. The molecule has 1 fully saturated rings. The van der Waals surface area contributed by atoms with Crippen LogP contribution in [0.15, 0.2) is 51.4 Å². The van der Waals surface area contributed by atoms with Crippen molar-refractivity contribution in [1.82, 2.24) is 10.6 Å². The van der Waals surface area contributed by atoms with E-state index in [1.807, 2.05) is 0 Å². The van der Waals surface area contributed by atoms with Crippen molar-refractivity contribution in [1.29, 1.82) is 0 Å². The lowest BCUT2D eigenvalue weighted by Gasteiger charge is -1.99. The minimum absolute atomic E-state index is 0.199. The second-order valence-corrected chi connectivity index (χ2v) is 6.50. The molecule has 1 aromatic heterocycles. The van der Waals surface area contributed by atoms with Gasteiger partial charge in [0.2, 0.25) is 0 Å². The van der Waals surface area contributed by atoms with Gasteiger partial charge in [-0.15, -0.1) is 0 Å². The summed E-state index contributed by atoms with van der Waals surface area (Å²) in [6.45, 7) is 0. The quantitative estimate of drug-likeness (QED) is 0.438. The van der Waals surface area contributed by atoms with Crippen LogP contribution in [-0.2, 0) is 14.9 Å². The van der Waals surface area contributed by atoms with E-state index in [0.29, 0.717) is 17.1 Å². The van der Waals surface area contributed by atoms with Crippen molar-refractivity contribution in [3.05, 3.63) is 47.9 Å². The van der Waals surface area contributed by atoms with E-state index in [-0.39, 0.29) is 21.6 Å². The minimum atomic E-state index is -4.23. The fourth-order valence-electron chi connectivity index (χ4n) is 2.00. The first-order valence-corrected chi connectivity index (χ1v) is 8.19. The molecule has 2 heterocycles. The fourth-order valence-corrected chi connectivity index (χ4v) is 2.68. The van der Waals surface area contributed by atoms with Gasteiger partial charge < -0.3 is 9.73 Å². The first-order valence-electron chi connectivity index (χ1n) is 6.35. The smallest absolute Gasteiger partial charge is 0.294 e. The molecule has 0 bridgehead atoms. The Morgan fingerprint density at radius 2 is 1.78 bits per heavy atom. The Morgan fingerprint density at radius 1 is 1.09 bits per heavy atom. The topological polar surface area (TPSA) is 109 Å². The third-order valence-corrected chi connectivity index (χ3v) is 4.14. The summed E-state index contributed by atoms with van der Waals surface area (Å²) in [4.78, 5) is 11.3. The zero-order valence-electron chi connectivity index (χ0n) is 11.4. The van der Waals surface area contributed by atoms with Crippen LogP contribution < -0.4 is 10.6 Å². The van der Waals surface area contributed by atoms with E-state index in [2.05, 4.69) is 10.6 Å². The zero-order chi connectivity index (χ0) is 16.6. The maximum atomic E-state index is 11.5. The van der Waals surface area contributed by atoms with Crippen LogP contribution in [0.25, 0.3) is 17.4 Å². The monoisotopic (exact) mass is 350 g/mol. The predicted molar refractivity (Wildman–Crippen MR) is 85.8 cm³/mol. The minimum Gasteiger partial charge on any atom is -0.457 e. The molecule has 1 aliphatic rings. The highest BCUT2D eigenvalue weighted by molar-refractivity contribution is 7.85. The van der Waals surface area contributed by atoms with Gasteiger partial charge in [0.05, 0.1) is 4.90 Å². The zero-order valence-corrected chi connectivity index (χ0v) is 13.1. The van der Waals surface area contributed by atoms with Gasteiger partial charge in [-0.25, -0.2) is 0 Å².